The van der Waals surface area contributed by atoms with Gasteiger partial charge in [0.1, 0.15) is 0 Å². The monoisotopic (exact) mass is 179 g/mol. The van der Waals surface area contributed by atoms with Crippen LogP contribution in [0.3, 0.4) is 0 Å². The Kier molecular flexibility index (Phi) is 2.07. The predicted octanol–water partition coefficient (Wildman–Crippen LogP) is 3.38. The number of hydrogen-bond acceptors (Lipinski definition) is 1. The van der Waals surface area contributed by atoms with Crippen molar-refractivity contribution in [2.24, 2.45) is 0 Å². The van der Waals surface area contributed by atoms with Crippen molar-refractivity contribution in [2.45, 2.75) is 26.3 Å². The molecular weight excluding hydrogens is 169 g/mol. The molecule has 0 aliphatic rings. The third-order valence-corrected chi connectivity index (χ3v) is 1.51. The van der Waals surface area contributed by atoms with Crippen LogP contribution in [0.2, 0.25) is 0 Å². The Morgan fingerprint density at radius 2 is 1.30 bits per heavy atom. The second kappa shape index (κ2) is 2.05. The molecule has 10 heavy (non-hydrogen) atoms. The van der Waals surface area contributed by atoms with E-state index in [2.05, 4.69) is 0 Å². The standard InChI is InChI=1S/C4H10F4NP/c1-4(2,3)9-10(5,6,7)8/h9H,1-3H3. The van der Waals surface area contributed by atoms with Crippen LogP contribution in [-0.2, 0) is 0 Å². The van der Waals surface area contributed by atoms with Gasteiger partial charge in [-0.15, -0.1) is 0 Å². The molecule has 0 radical (unpaired) electrons. The molecule has 0 spiro atoms. The average Bonchev–Trinajstić information content (AvgIpc) is 1.09. The molecular formula is C4H10F4NP. The fraction of sp³-hybridized carbons (Fsp3) is 1.00. The summed E-state index contributed by atoms with van der Waals surface area (Å²) in [7, 11) is -7.50. The van der Waals surface area contributed by atoms with Gasteiger partial charge < -0.3 is 0 Å². The predicted molar refractivity (Wildman–Crippen MR) is 34.2 cm³/mol. The van der Waals surface area contributed by atoms with Gasteiger partial charge in [0, 0.05) is 0 Å². The Labute approximate surface area is 57.3 Å². The van der Waals surface area contributed by atoms with E-state index in [1.807, 2.05) is 0 Å². The molecule has 0 bridgehead atoms. The quantitative estimate of drug-likeness (QED) is 0.480. The van der Waals surface area contributed by atoms with Gasteiger partial charge in [0.25, 0.3) is 0 Å². The van der Waals surface area contributed by atoms with Crippen molar-refractivity contribution in [3.05, 3.63) is 0 Å². The van der Waals surface area contributed by atoms with Gasteiger partial charge in [0.05, 0.1) is 0 Å². The first-order valence-corrected chi connectivity index (χ1v) is 4.45. The summed E-state index contributed by atoms with van der Waals surface area (Å²) in [6.07, 6.45) is 0. The average molecular weight is 179 g/mol. The fourth-order valence-corrected chi connectivity index (χ4v) is 1.52. The van der Waals surface area contributed by atoms with E-state index < -0.39 is 13.5 Å². The molecule has 1 N–H and O–H groups in total. The van der Waals surface area contributed by atoms with Crippen LogP contribution in [0.1, 0.15) is 20.8 Å². The molecule has 0 saturated heterocycles. The van der Waals surface area contributed by atoms with Crippen LogP contribution >= 0.6 is 8.00 Å². The molecule has 0 rings (SSSR count). The van der Waals surface area contributed by atoms with Crippen LogP contribution in [0.4, 0.5) is 16.8 Å². The van der Waals surface area contributed by atoms with Gasteiger partial charge in [-0.1, -0.05) is 0 Å². The molecule has 1 nitrogen and oxygen atoms in total. The summed E-state index contributed by atoms with van der Waals surface area (Å²) in [6.45, 7) is 3.77. The molecule has 0 amide bonds. The Hall–Kier alpha value is 0.110. The van der Waals surface area contributed by atoms with Crippen molar-refractivity contribution in [3.8, 4) is 0 Å². The second-order valence-corrected chi connectivity index (χ2v) is 4.75. The van der Waals surface area contributed by atoms with E-state index in [0.29, 0.717) is 0 Å². The Morgan fingerprint density at radius 3 is 1.30 bits per heavy atom. The second-order valence-electron chi connectivity index (χ2n) is 3.08. The Bertz CT molecular complexity index is 123. The molecule has 0 atom stereocenters. The van der Waals surface area contributed by atoms with Crippen molar-refractivity contribution in [2.75, 3.05) is 0 Å². The molecule has 0 aliphatic heterocycles. The topological polar surface area (TPSA) is 12.0 Å². The maximum atomic E-state index is 11.6. The van der Waals surface area contributed by atoms with E-state index in [0.717, 1.165) is 5.09 Å². The summed E-state index contributed by atoms with van der Waals surface area (Å²) >= 11 is 0. The fourth-order valence-electron chi connectivity index (χ4n) is 0.507. The summed E-state index contributed by atoms with van der Waals surface area (Å²) in [4.78, 5) is 0. The summed E-state index contributed by atoms with van der Waals surface area (Å²) < 4.78 is 46.4. The van der Waals surface area contributed by atoms with Crippen LogP contribution in [0.25, 0.3) is 0 Å². The van der Waals surface area contributed by atoms with Gasteiger partial charge in [0.15, 0.2) is 0 Å². The van der Waals surface area contributed by atoms with Crippen molar-refractivity contribution in [3.63, 3.8) is 0 Å². The first kappa shape index (κ1) is 10.1. The molecule has 0 heterocycles. The molecule has 6 heteroatoms. The molecule has 0 unspecified atom stereocenters. The van der Waals surface area contributed by atoms with Gasteiger partial charge in [-0.3, -0.25) is 0 Å². The Morgan fingerprint density at radius 1 is 1.00 bits per heavy atom. The number of hydrogen-bond donors (Lipinski definition) is 1. The van der Waals surface area contributed by atoms with E-state index in [-0.39, 0.29) is 0 Å². The molecule has 0 aromatic heterocycles. The first-order valence-electron chi connectivity index (χ1n) is 2.65. The van der Waals surface area contributed by atoms with E-state index in [9.17, 15) is 16.8 Å². The minimum absolute atomic E-state index is 0.999. The van der Waals surface area contributed by atoms with Gasteiger partial charge in [-0.25, -0.2) is 0 Å². The summed E-state index contributed by atoms with van der Waals surface area (Å²) in [6, 6.07) is 0. The van der Waals surface area contributed by atoms with Crippen LogP contribution in [-0.4, -0.2) is 5.54 Å². The zero-order chi connectivity index (χ0) is 8.65. The van der Waals surface area contributed by atoms with Gasteiger partial charge in [-0.05, 0) is 0 Å². The van der Waals surface area contributed by atoms with E-state index >= 15 is 0 Å². The minimum atomic E-state index is -7.50. The SMILES string of the molecule is CC(C)(C)NP(F)(F)(F)F. The molecule has 0 aromatic rings. The van der Waals surface area contributed by atoms with Crippen molar-refractivity contribution >= 4 is 8.00 Å². The van der Waals surface area contributed by atoms with Crippen LogP contribution < -0.4 is 5.09 Å². The van der Waals surface area contributed by atoms with Crippen molar-refractivity contribution in [1.82, 2.24) is 5.09 Å². The third kappa shape index (κ3) is 8.11. The molecule has 64 valence electrons. The molecule has 0 fully saturated rings. The number of nitrogens with one attached hydrogen (secondary N) is 1. The van der Waals surface area contributed by atoms with Crippen molar-refractivity contribution in [1.29, 1.82) is 0 Å². The third-order valence-electron chi connectivity index (χ3n) is 0.504. The van der Waals surface area contributed by atoms with Crippen LogP contribution in [0, 0.1) is 0 Å². The summed E-state index contributed by atoms with van der Waals surface area (Å²) in [5.41, 5.74) is -1.25. The van der Waals surface area contributed by atoms with Crippen LogP contribution in [0.15, 0.2) is 0 Å². The molecule has 0 aromatic carbocycles. The maximum absolute atomic E-state index is 11.6. The molecule has 0 aliphatic carbocycles. The van der Waals surface area contributed by atoms with Gasteiger partial charge in [0.2, 0.25) is 0 Å². The molecule has 0 saturated carbocycles. The Balaban J connectivity index is 4.18. The van der Waals surface area contributed by atoms with Gasteiger partial charge >= 0.3 is 56.2 Å². The normalized spacial score (nSPS) is 18.1. The zero-order valence-corrected chi connectivity index (χ0v) is 6.85. The van der Waals surface area contributed by atoms with E-state index in [4.69, 9.17) is 0 Å². The number of rotatable bonds is 1. The van der Waals surface area contributed by atoms with E-state index in [1.54, 1.807) is 0 Å². The number of halogens is 4. The first-order chi connectivity index (χ1) is 3.96. The zero-order valence-electron chi connectivity index (χ0n) is 5.96. The summed E-state index contributed by atoms with van der Waals surface area (Å²) in [5.74, 6) is 0. The van der Waals surface area contributed by atoms with Crippen LogP contribution in [0.5, 0.6) is 0 Å². The van der Waals surface area contributed by atoms with E-state index in [1.165, 1.54) is 20.8 Å². The van der Waals surface area contributed by atoms with Gasteiger partial charge in [-0.2, -0.15) is 0 Å². The summed E-state index contributed by atoms with van der Waals surface area (Å²) in [5, 5.41) is 0.999. The van der Waals surface area contributed by atoms with Crippen molar-refractivity contribution < 1.29 is 16.8 Å².